The molecule has 0 aliphatic carbocycles. The topological polar surface area (TPSA) is 34.5 Å². The van der Waals surface area contributed by atoms with Crippen LogP contribution in [0.4, 0.5) is 0 Å². The number of hydrogen-bond acceptors (Lipinski definition) is 3. The number of nitrogens with zero attached hydrogens (tertiary/aromatic N) is 2. The van der Waals surface area contributed by atoms with Gasteiger partial charge in [-0.05, 0) is 30.7 Å². The monoisotopic (exact) mass is 412 g/mol. The molecule has 1 aromatic heterocycles. The second-order valence-electron chi connectivity index (χ2n) is 8.47. The first-order chi connectivity index (χ1) is 15.1. The molecule has 0 bridgehead atoms. The molecule has 4 heteroatoms. The molecule has 158 valence electrons. The minimum Gasteiger partial charge on any atom is -0.376 e. The summed E-state index contributed by atoms with van der Waals surface area (Å²) < 4.78 is 7.99. The highest BCUT2D eigenvalue weighted by Crippen LogP contribution is 2.30. The summed E-state index contributed by atoms with van der Waals surface area (Å²) in [4.78, 5) is 16.3. The van der Waals surface area contributed by atoms with E-state index in [4.69, 9.17) is 4.74 Å². The SMILES string of the molecule is Cc1c(C(=O)c2cccc3ccccc23)c2ccccc2n1CCN1CCOC(C)C1. The third-order valence-electron chi connectivity index (χ3n) is 6.46. The largest absolute Gasteiger partial charge is 0.376 e. The summed E-state index contributed by atoms with van der Waals surface area (Å²) in [6.45, 7) is 8.74. The van der Waals surface area contributed by atoms with Crippen LogP contribution >= 0.6 is 0 Å². The third-order valence-corrected chi connectivity index (χ3v) is 6.46. The average molecular weight is 413 g/mol. The first-order valence-corrected chi connectivity index (χ1v) is 11.1. The lowest BCUT2D eigenvalue weighted by Crippen LogP contribution is -2.42. The molecule has 31 heavy (non-hydrogen) atoms. The van der Waals surface area contributed by atoms with Crippen LogP contribution in [0.2, 0.25) is 0 Å². The molecule has 5 rings (SSSR count). The molecule has 0 spiro atoms. The maximum Gasteiger partial charge on any atom is 0.196 e. The van der Waals surface area contributed by atoms with Crippen LogP contribution in [0.5, 0.6) is 0 Å². The lowest BCUT2D eigenvalue weighted by Gasteiger charge is -2.31. The van der Waals surface area contributed by atoms with Gasteiger partial charge in [-0.3, -0.25) is 9.69 Å². The number of carbonyl (C=O) groups excluding carboxylic acids is 1. The molecule has 1 saturated heterocycles. The summed E-state index contributed by atoms with van der Waals surface area (Å²) >= 11 is 0. The van der Waals surface area contributed by atoms with E-state index in [1.807, 2.05) is 36.4 Å². The fourth-order valence-corrected chi connectivity index (χ4v) is 4.90. The average Bonchev–Trinajstić information content (AvgIpc) is 3.08. The predicted molar refractivity (Wildman–Crippen MR) is 126 cm³/mol. The minimum absolute atomic E-state index is 0.101. The van der Waals surface area contributed by atoms with Crippen molar-refractivity contribution in [3.63, 3.8) is 0 Å². The van der Waals surface area contributed by atoms with E-state index in [0.717, 1.165) is 71.3 Å². The Kier molecular flexibility index (Phi) is 5.34. The van der Waals surface area contributed by atoms with Gasteiger partial charge in [-0.1, -0.05) is 60.7 Å². The standard InChI is InChI=1S/C27H28N2O2/c1-19-18-28(16-17-31-19)14-15-29-20(2)26(24-11-5-6-13-25(24)29)27(30)23-12-7-9-21-8-3-4-10-22(21)23/h3-13,19H,14-18H2,1-2H3. The molecular formula is C27H28N2O2. The number of aromatic nitrogens is 1. The summed E-state index contributed by atoms with van der Waals surface area (Å²) in [6, 6.07) is 22.4. The number of benzene rings is 3. The van der Waals surface area contributed by atoms with Gasteiger partial charge < -0.3 is 9.30 Å². The van der Waals surface area contributed by atoms with Crippen LogP contribution in [-0.4, -0.2) is 47.6 Å². The van der Waals surface area contributed by atoms with Crippen LogP contribution in [0.3, 0.4) is 0 Å². The Balaban J connectivity index is 1.55. The lowest BCUT2D eigenvalue weighted by molar-refractivity contribution is -0.0190. The molecule has 1 atom stereocenters. The van der Waals surface area contributed by atoms with Crippen molar-refractivity contribution in [2.75, 3.05) is 26.2 Å². The molecule has 1 fully saturated rings. The Hall–Kier alpha value is -2.95. The second kappa shape index (κ2) is 8.29. The van der Waals surface area contributed by atoms with Gasteiger partial charge in [0.25, 0.3) is 0 Å². The second-order valence-corrected chi connectivity index (χ2v) is 8.47. The fraction of sp³-hybridized carbons (Fsp3) is 0.296. The van der Waals surface area contributed by atoms with E-state index in [9.17, 15) is 4.79 Å². The van der Waals surface area contributed by atoms with Gasteiger partial charge in [-0.25, -0.2) is 0 Å². The Morgan fingerprint density at radius 2 is 1.71 bits per heavy atom. The molecule has 4 nitrogen and oxygen atoms in total. The minimum atomic E-state index is 0.101. The smallest absolute Gasteiger partial charge is 0.196 e. The van der Waals surface area contributed by atoms with E-state index < -0.39 is 0 Å². The first-order valence-electron chi connectivity index (χ1n) is 11.1. The van der Waals surface area contributed by atoms with Crippen LogP contribution < -0.4 is 0 Å². The summed E-state index contributed by atoms with van der Waals surface area (Å²) in [5.74, 6) is 0.101. The zero-order chi connectivity index (χ0) is 21.4. The highest BCUT2D eigenvalue weighted by atomic mass is 16.5. The number of hydrogen-bond donors (Lipinski definition) is 0. The molecule has 0 amide bonds. The molecule has 0 N–H and O–H groups in total. The van der Waals surface area contributed by atoms with Gasteiger partial charge >= 0.3 is 0 Å². The quantitative estimate of drug-likeness (QED) is 0.430. The van der Waals surface area contributed by atoms with Crippen molar-refractivity contribution >= 4 is 27.5 Å². The maximum atomic E-state index is 13.8. The number of carbonyl (C=O) groups is 1. The van der Waals surface area contributed by atoms with Gasteiger partial charge in [0.2, 0.25) is 0 Å². The van der Waals surface area contributed by atoms with Crippen molar-refractivity contribution in [2.24, 2.45) is 0 Å². The van der Waals surface area contributed by atoms with Crippen molar-refractivity contribution in [3.8, 4) is 0 Å². The van der Waals surface area contributed by atoms with E-state index in [-0.39, 0.29) is 11.9 Å². The summed E-state index contributed by atoms with van der Waals surface area (Å²) in [6.07, 6.45) is 0.278. The normalized spacial score (nSPS) is 17.4. The van der Waals surface area contributed by atoms with Gasteiger partial charge in [0.05, 0.1) is 18.3 Å². The van der Waals surface area contributed by atoms with Crippen LogP contribution in [0.1, 0.15) is 28.5 Å². The highest BCUT2D eigenvalue weighted by molar-refractivity contribution is 6.22. The van der Waals surface area contributed by atoms with Crippen molar-refractivity contribution in [1.29, 1.82) is 0 Å². The van der Waals surface area contributed by atoms with Gasteiger partial charge in [-0.2, -0.15) is 0 Å². The van der Waals surface area contributed by atoms with Gasteiger partial charge in [-0.15, -0.1) is 0 Å². The number of ketones is 1. The van der Waals surface area contributed by atoms with Crippen molar-refractivity contribution in [1.82, 2.24) is 9.47 Å². The Morgan fingerprint density at radius 3 is 2.55 bits per heavy atom. The first kappa shape index (κ1) is 20.0. The van der Waals surface area contributed by atoms with Crippen molar-refractivity contribution in [3.05, 3.63) is 83.6 Å². The van der Waals surface area contributed by atoms with E-state index in [1.54, 1.807) is 0 Å². The number of para-hydroxylation sites is 1. The van der Waals surface area contributed by atoms with E-state index in [2.05, 4.69) is 53.6 Å². The van der Waals surface area contributed by atoms with Crippen molar-refractivity contribution < 1.29 is 9.53 Å². The Bertz CT molecular complexity index is 1250. The molecule has 0 saturated carbocycles. The molecule has 1 aliphatic rings. The van der Waals surface area contributed by atoms with Crippen molar-refractivity contribution in [2.45, 2.75) is 26.5 Å². The summed E-state index contributed by atoms with van der Waals surface area (Å²) in [5, 5.41) is 3.14. The zero-order valence-electron chi connectivity index (χ0n) is 18.2. The number of fused-ring (bicyclic) bond motifs is 2. The number of morpholine rings is 1. The molecular weight excluding hydrogens is 384 g/mol. The lowest BCUT2D eigenvalue weighted by atomic mass is 9.95. The van der Waals surface area contributed by atoms with E-state index in [0.29, 0.717) is 0 Å². The molecule has 0 radical (unpaired) electrons. The zero-order valence-corrected chi connectivity index (χ0v) is 18.2. The number of ether oxygens (including phenoxy) is 1. The van der Waals surface area contributed by atoms with Crippen LogP contribution in [-0.2, 0) is 11.3 Å². The molecule has 1 unspecified atom stereocenters. The van der Waals surface area contributed by atoms with Gasteiger partial charge in [0.1, 0.15) is 0 Å². The third kappa shape index (κ3) is 3.67. The van der Waals surface area contributed by atoms with E-state index in [1.165, 1.54) is 0 Å². The van der Waals surface area contributed by atoms with Gasteiger partial charge in [0, 0.05) is 48.3 Å². The molecule has 1 aliphatic heterocycles. The Morgan fingerprint density at radius 1 is 0.968 bits per heavy atom. The van der Waals surface area contributed by atoms with Gasteiger partial charge in [0.15, 0.2) is 5.78 Å². The number of rotatable bonds is 5. The maximum absolute atomic E-state index is 13.8. The van der Waals surface area contributed by atoms with Crippen LogP contribution in [0.25, 0.3) is 21.7 Å². The Labute approximate surface area is 183 Å². The fourth-order valence-electron chi connectivity index (χ4n) is 4.90. The summed E-state index contributed by atoms with van der Waals surface area (Å²) in [7, 11) is 0. The molecule has 2 heterocycles. The molecule has 4 aromatic rings. The van der Waals surface area contributed by atoms with Crippen LogP contribution in [0, 0.1) is 6.92 Å². The summed E-state index contributed by atoms with van der Waals surface area (Å²) in [5.41, 5.74) is 3.76. The highest BCUT2D eigenvalue weighted by Gasteiger charge is 2.23. The van der Waals surface area contributed by atoms with Crippen LogP contribution in [0.15, 0.2) is 66.7 Å². The van der Waals surface area contributed by atoms with E-state index >= 15 is 0 Å². The predicted octanol–water partition coefficient (Wildman–Crippen LogP) is 5.05. The molecule has 3 aromatic carbocycles.